The normalized spacial score (nSPS) is 13.8. The fourth-order valence-electron chi connectivity index (χ4n) is 3.81. The van der Waals surface area contributed by atoms with Gasteiger partial charge in [0, 0.05) is 29.7 Å². The van der Waals surface area contributed by atoms with Gasteiger partial charge < -0.3 is 14.3 Å². The van der Waals surface area contributed by atoms with Crippen LogP contribution in [0, 0.1) is 6.92 Å². The Labute approximate surface area is 187 Å². The van der Waals surface area contributed by atoms with Crippen LogP contribution in [0.25, 0.3) is 11.0 Å². The predicted octanol–water partition coefficient (Wildman–Crippen LogP) is 4.13. The lowest BCUT2D eigenvalue weighted by molar-refractivity contribution is 0.0923. The number of fused-ring (bicyclic) bond motifs is 2. The molecule has 0 spiro atoms. The van der Waals surface area contributed by atoms with Crippen LogP contribution in [-0.4, -0.2) is 30.9 Å². The number of rotatable bonds is 6. The minimum atomic E-state index is -0.244. The van der Waals surface area contributed by atoms with E-state index in [2.05, 4.69) is 30.3 Å². The molecule has 1 amide bonds. The maximum Gasteiger partial charge on any atom is 0.287 e. The van der Waals surface area contributed by atoms with Gasteiger partial charge in [0.05, 0.1) is 6.54 Å². The van der Waals surface area contributed by atoms with Crippen LogP contribution in [0.3, 0.4) is 0 Å². The number of aryl methyl sites for hydroxylation is 2. The van der Waals surface area contributed by atoms with E-state index in [0.29, 0.717) is 23.6 Å². The van der Waals surface area contributed by atoms with E-state index < -0.39 is 0 Å². The highest BCUT2D eigenvalue weighted by Crippen LogP contribution is 2.33. The van der Waals surface area contributed by atoms with Gasteiger partial charge in [-0.25, -0.2) is 0 Å². The number of amides is 1. The zero-order chi connectivity index (χ0) is 21.2. The summed E-state index contributed by atoms with van der Waals surface area (Å²) in [6, 6.07) is 7.72. The second-order valence-corrected chi connectivity index (χ2v) is 9.86. The zero-order valence-corrected chi connectivity index (χ0v) is 18.8. The van der Waals surface area contributed by atoms with E-state index >= 15 is 0 Å². The maximum atomic E-state index is 13.1. The molecule has 0 fully saturated rings. The molecule has 3 aromatic heterocycles. The summed E-state index contributed by atoms with van der Waals surface area (Å²) >= 11 is 3.10. The number of thioether (sulfide) groups is 1. The molecule has 10 heteroatoms. The highest BCUT2D eigenvalue weighted by Gasteiger charge is 2.22. The van der Waals surface area contributed by atoms with Crippen molar-refractivity contribution >= 4 is 40.0 Å². The molecule has 0 radical (unpaired) electrons. The van der Waals surface area contributed by atoms with Gasteiger partial charge in [0.15, 0.2) is 15.9 Å². The molecule has 31 heavy (non-hydrogen) atoms. The first-order valence-electron chi connectivity index (χ1n) is 10.3. The molecular formula is C21H22N6O2S2. The Bertz CT molecular complexity index is 1230. The average molecular weight is 455 g/mol. The third-order valence-electron chi connectivity index (χ3n) is 5.35. The SMILES string of the molecule is Cc1nnc(SCc2c(C(=O)NCc3nnc4n3CCCCC4)oc3ccccc23)s1. The van der Waals surface area contributed by atoms with Gasteiger partial charge in [0.1, 0.15) is 16.4 Å². The van der Waals surface area contributed by atoms with E-state index in [9.17, 15) is 4.79 Å². The van der Waals surface area contributed by atoms with Gasteiger partial charge in [-0.3, -0.25) is 4.79 Å². The van der Waals surface area contributed by atoms with Gasteiger partial charge in [-0.1, -0.05) is 47.7 Å². The molecular weight excluding hydrogens is 432 g/mol. The van der Waals surface area contributed by atoms with Crippen LogP contribution in [0.4, 0.5) is 0 Å². The van der Waals surface area contributed by atoms with Gasteiger partial charge in [0.2, 0.25) is 0 Å². The highest BCUT2D eigenvalue weighted by molar-refractivity contribution is 8.00. The first kappa shape index (κ1) is 20.2. The molecule has 1 N–H and O–H groups in total. The molecule has 8 nitrogen and oxygen atoms in total. The molecule has 160 valence electrons. The summed E-state index contributed by atoms with van der Waals surface area (Å²) in [4.78, 5) is 13.1. The molecule has 0 saturated carbocycles. The van der Waals surface area contributed by atoms with Crippen LogP contribution in [0.5, 0.6) is 0 Å². The smallest absolute Gasteiger partial charge is 0.287 e. The van der Waals surface area contributed by atoms with Crippen LogP contribution in [0.2, 0.25) is 0 Å². The molecule has 1 aliphatic rings. The lowest BCUT2D eigenvalue weighted by atomic mass is 10.1. The van der Waals surface area contributed by atoms with E-state index in [-0.39, 0.29) is 5.91 Å². The number of benzene rings is 1. The number of hydrogen-bond donors (Lipinski definition) is 1. The van der Waals surface area contributed by atoms with Crippen molar-refractivity contribution in [2.75, 3.05) is 0 Å². The summed E-state index contributed by atoms with van der Waals surface area (Å²) < 4.78 is 8.97. The summed E-state index contributed by atoms with van der Waals surface area (Å²) in [5.41, 5.74) is 1.57. The Balaban J connectivity index is 1.36. The Hall–Kier alpha value is -2.72. The quantitative estimate of drug-likeness (QED) is 0.437. The molecule has 0 atom stereocenters. The fourth-order valence-corrected chi connectivity index (χ4v) is 5.66. The van der Waals surface area contributed by atoms with Crippen molar-refractivity contribution in [3.63, 3.8) is 0 Å². The monoisotopic (exact) mass is 454 g/mol. The van der Waals surface area contributed by atoms with Crippen molar-refractivity contribution in [1.29, 1.82) is 0 Å². The molecule has 4 heterocycles. The van der Waals surface area contributed by atoms with E-state index in [4.69, 9.17) is 4.42 Å². The van der Waals surface area contributed by atoms with E-state index in [1.807, 2.05) is 31.2 Å². The predicted molar refractivity (Wildman–Crippen MR) is 119 cm³/mol. The first-order valence-corrected chi connectivity index (χ1v) is 12.1. The van der Waals surface area contributed by atoms with Crippen LogP contribution >= 0.6 is 23.1 Å². The number of nitrogens with zero attached hydrogens (tertiary/aromatic N) is 5. The molecule has 0 unspecified atom stereocenters. The number of aromatic nitrogens is 5. The number of para-hydroxylation sites is 1. The summed E-state index contributed by atoms with van der Waals surface area (Å²) in [6.45, 7) is 3.16. The van der Waals surface area contributed by atoms with Crippen molar-refractivity contribution in [3.8, 4) is 0 Å². The Morgan fingerprint density at radius 3 is 2.97 bits per heavy atom. The second kappa shape index (κ2) is 8.80. The van der Waals surface area contributed by atoms with Crippen molar-refractivity contribution in [2.45, 2.75) is 55.8 Å². The standard InChI is InChI=1S/C21H22N6O2S2/c1-13-23-26-21(31-13)30-12-15-14-7-4-5-8-16(14)29-19(15)20(28)22-11-18-25-24-17-9-3-2-6-10-27(17)18/h4-5,7-8H,2-3,6,9-12H2,1H3,(H,22,28). The van der Waals surface area contributed by atoms with Gasteiger partial charge >= 0.3 is 0 Å². The third kappa shape index (κ3) is 4.22. The molecule has 1 aromatic carbocycles. The van der Waals surface area contributed by atoms with Crippen LogP contribution < -0.4 is 5.32 Å². The van der Waals surface area contributed by atoms with Crippen molar-refractivity contribution < 1.29 is 9.21 Å². The number of carbonyl (C=O) groups excluding carboxylic acids is 1. The Morgan fingerprint density at radius 2 is 2.10 bits per heavy atom. The van der Waals surface area contributed by atoms with E-state index in [1.54, 1.807) is 23.1 Å². The Morgan fingerprint density at radius 1 is 1.19 bits per heavy atom. The summed E-state index contributed by atoms with van der Waals surface area (Å²) in [6.07, 6.45) is 4.39. The van der Waals surface area contributed by atoms with Gasteiger partial charge in [-0.05, 0) is 25.8 Å². The van der Waals surface area contributed by atoms with Gasteiger partial charge in [0.25, 0.3) is 5.91 Å². The largest absolute Gasteiger partial charge is 0.451 e. The minimum absolute atomic E-state index is 0.244. The van der Waals surface area contributed by atoms with Crippen molar-refractivity contribution in [1.82, 2.24) is 30.3 Å². The molecule has 1 aliphatic heterocycles. The lowest BCUT2D eigenvalue weighted by Crippen LogP contribution is -2.25. The minimum Gasteiger partial charge on any atom is -0.451 e. The highest BCUT2D eigenvalue weighted by atomic mass is 32.2. The van der Waals surface area contributed by atoms with Crippen LogP contribution in [-0.2, 0) is 25.3 Å². The zero-order valence-electron chi connectivity index (χ0n) is 17.1. The summed E-state index contributed by atoms with van der Waals surface area (Å²) in [5.74, 6) is 2.47. The average Bonchev–Trinajstić information content (AvgIpc) is 3.43. The molecule has 0 aliphatic carbocycles. The first-order chi connectivity index (χ1) is 15.2. The molecule has 0 bridgehead atoms. The summed E-state index contributed by atoms with van der Waals surface area (Å²) in [7, 11) is 0. The molecule has 4 aromatic rings. The molecule has 0 saturated heterocycles. The Kier molecular flexibility index (Phi) is 5.73. The number of furan rings is 1. The van der Waals surface area contributed by atoms with E-state index in [1.165, 1.54) is 6.42 Å². The van der Waals surface area contributed by atoms with Crippen molar-refractivity contribution in [3.05, 3.63) is 52.2 Å². The third-order valence-corrected chi connectivity index (χ3v) is 7.34. The molecule has 5 rings (SSSR count). The van der Waals surface area contributed by atoms with Crippen LogP contribution in [0.1, 0.15) is 52.0 Å². The number of nitrogens with one attached hydrogen (secondary N) is 1. The number of carbonyl (C=O) groups is 1. The lowest BCUT2D eigenvalue weighted by Gasteiger charge is -2.08. The van der Waals surface area contributed by atoms with Gasteiger partial charge in [-0.15, -0.1) is 20.4 Å². The van der Waals surface area contributed by atoms with Gasteiger partial charge in [-0.2, -0.15) is 0 Å². The summed E-state index contributed by atoms with van der Waals surface area (Å²) in [5, 5.41) is 21.7. The van der Waals surface area contributed by atoms with E-state index in [0.717, 1.165) is 57.8 Å². The maximum absolute atomic E-state index is 13.1. The fraction of sp³-hybridized carbons (Fsp3) is 0.381. The topological polar surface area (TPSA) is 98.7 Å². The van der Waals surface area contributed by atoms with Crippen LogP contribution in [0.15, 0.2) is 33.0 Å². The van der Waals surface area contributed by atoms with Crippen molar-refractivity contribution in [2.24, 2.45) is 0 Å². The number of hydrogen-bond acceptors (Lipinski definition) is 8. The second-order valence-electron chi connectivity index (χ2n) is 7.46.